The summed E-state index contributed by atoms with van der Waals surface area (Å²) in [6.07, 6.45) is -0.762. The SMILES string of the molecule is CCC(c1ccccc1)S(=O)(=O)CC(O)CO. The summed E-state index contributed by atoms with van der Waals surface area (Å²) in [5.41, 5.74) is 0.722. The van der Waals surface area contributed by atoms with Gasteiger partial charge in [-0.2, -0.15) is 0 Å². The van der Waals surface area contributed by atoms with Gasteiger partial charge in [0, 0.05) is 0 Å². The molecule has 1 rings (SSSR count). The molecule has 96 valence electrons. The minimum atomic E-state index is -3.45. The molecule has 4 nitrogen and oxygen atoms in total. The maximum atomic E-state index is 12.1. The van der Waals surface area contributed by atoms with Gasteiger partial charge in [0.2, 0.25) is 0 Å². The quantitative estimate of drug-likeness (QED) is 0.795. The fourth-order valence-corrected chi connectivity index (χ4v) is 3.76. The van der Waals surface area contributed by atoms with E-state index >= 15 is 0 Å². The molecule has 0 aromatic heterocycles. The topological polar surface area (TPSA) is 74.6 Å². The minimum Gasteiger partial charge on any atom is -0.394 e. The lowest BCUT2D eigenvalue weighted by atomic mass is 10.1. The molecule has 2 N–H and O–H groups in total. The molecule has 2 unspecified atom stereocenters. The number of aliphatic hydroxyl groups excluding tert-OH is 2. The zero-order chi connectivity index (χ0) is 12.9. The molecule has 0 bridgehead atoms. The van der Waals surface area contributed by atoms with Crippen molar-refractivity contribution < 1.29 is 18.6 Å². The summed E-state index contributed by atoms with van der Waals surface area (Å²) in [4.78, 5) is 0. The number of aliphatic hydroxyl groups is 2. The third-order valence-electron chi connectivity index (χ3n) is 2.61. The first-order valence-electron chi connectivity index (χ1n) is 5.56. The lowest BCUT2D eigenvalue weighted by Gasteiger charge is -2.17. The fraction of sp³-hybridized carbons (Fsp3) is 0.500. The van der Waals surface area contributed by atoms with Crippen LogP contribution in [0.1, 0.15) is 24.2 Å². The van der Waals surface area contributed by atoms with Crippen LogP contribution in [0.25, 0.3) is 0 Å². The first-order chi connectivity index (χ1) is 8.01. The van der Waals surface area contributed by atoms with Gasteiger partial charge in [-0.1, -0.05) is 37.3 Å². The largest absolute Gasteiger partial charge is 0.394 e. The molecule has 0 aliphatic carbocycles. The summed E-state index contributed by atoms with van der Waals surface area (Å²) in [5.74, 6) is -0.406. The fourth-order valence-electron chi connectivity index (χ4n) is 1.80. The zero-order valence-electron chi connectivity index (χ0n) is 9.78. The van der Waals surface area contributed by atoms with Crippen LogP contribution in [0.3, 0.4) is 0 Å². The van der Waals surface area contributed by atoms with E-state index in [0.717, 1.165) is 5.56 Å². The Morgan fingerprint density at radius 1 is 1.24 bits per heavy atom. The number of hydrogen-bond donors (Lipinski definition) is 2. The van der Waals surface area contributed by atoms with E-state index in [1.54, 1.807) is 31.2 Å². The molecule has 0 spiro atoms. The summed E-state index contributed by atoms with van der Waals surface area (Å²) in [7, 11) is -3.45. The lowest BCUT2D eigenvalue weighted by Crippen LogP contribution is -2.27. The number of sulfone groups is 1. The third kappa shape index (κ3) is 3.80. The maximum absolute atomic E-state index is 12.1. The number of rotatable bonds is 6. The molecule has 17 heavy (non-hydrogen) atoms. The van der Waals surface area contributed by atoms with Gasteiger partial charge in [-0.15, -0.1) is 0 Å². The molecule has 2 atom stereocenters. The molecule has 0 fully saturated rings. The second kappa shape index (κ2) is 6.14. The monoisotopic (exact) mass is 258 g/mol. The average molecular weight is 258 g/mol. The van der Waals surface area contributed by atoms with Crippen LogP contribution in [0.4, 0.5) is 0 Å². The molecule has 0 heterocycles. The highest BCUT2D eigenvalue weighted by molar-refractivity contribution is 7.91. The van der Waals surface area contributed by atoms with Crippen molar-refractivity contribution >= 4 is 9.84 Å². The summed E-state index contributed by atoms with van der Waals surface area (Å²) in [5, 5.41) is 17.3. The van der Waals surface area contributed by atoms with Crippen LogP contribution in [0, 0.1) is 0 Å². The summed E-state index contributed by atoms with van der Waals surface area (Å²) < 4.78 is 24.1. The van der Waals surface area contributed by atoms with E-state index in [0.29, 0.717) is 6.42 Å². The van der Waals surface area contributed by atoms with Crippen LogP contribution in [-0.2, 0) is 9.84 Å². The van der Waals surface area contributed by atoms with Crippen molar-refractivity contribution in [1.29, 1.82) is 0 Å². The molecular weight excluding hydrogens is 240 g/mol. The molecule has 0 aliphatic heterocycles. The Labute approximate surface area is 102 Å². The molecule has 0 aliphatic rings. The Balaban J connectivity index is 2.95. The highest BCUT2D eigenvalue weighted by Gasteiger charge is 2.27. The lowest BCUT2D eigenvalue weighted by molar-refractivity contribution is 0.112. The van der Waals surface area contributed by atoms with Gasteiger partial charge in [0.15, 0.2) is 9.84 Å². The van der Waals surface area contributed by atoms with Crippen molar-refractivity contribution in [1.82, 2.24) is 0 Å². The van der Waals surface area contributed by atoms with Crippen molar-refractivity contribution in [2.24, 2.45) is 0 Å². The summed E-state index contributed by atoms with van der Waals surface area (Å²) >= 11 is 0. The molecule has 5 heteroatoms. The third-order valence-corrected chi connectivity index (χ3v) is 4.93. The van der Waals surface area contributed by atoms with Crippen molar-refractivity contribution in [2.45, 2.75) is 24.7 Å². The molecule has 0 radical (unpaired) electrons. The van der Waals surface area contributed by atoms with Gasteiger partial charge in [0.1, 0.15) is 0 Å². The van der Waals surface area contributed by atoms with Gasteiger partial charge in [-0.05, 0) is 12.0 Å². The van der Waals surface area contributed by atoms with E-state index in [1.807, 2.05) is 6.07 Å². The van der Waals surface area contributed by atoms with Crippen LogP contribution in [0.2, 0.25) is 0 Å². The predicted octanol–water partition coefficient (Wildman–Crippen LogP) is 0.906. The Kier molecular flexibility index (Phi) is 5.11. The van der Waals surface area contributed by atoms with Gasteiger partial charge >= 0.3 is 0 Å². The highest BCUT2D eigenvalue weighted by atomic mass is 32.2. The van der Waals surface area contributed by atoms with E-state index < -0.39 is 33.6 Å². The first-order valence-corrected chi connectivity index (χ1v) is 7.28. The van der Waals surface area contributed by atoms with Crippen molar-refractivity contribution in [3.8, 4) is 0 Å². The molecule has 1 aromatic carbocycles. The van der Waals surface area contributed by atoms with Crippen molar-refractivity contribution in [3.05, 3.63) is 35.9 Å². The van der Waals surface area contributed by atoms with Crippen LogP contribution in [0.15, 0.2) is 30.3 Å². The smallest absolute Gasteiger partial charge is 0.159 e. The van der Waals surface area contributed by atoms with E-state index in [-0.39, 0.29) is 0 Å². The maximum Gasteiger partial charge on any atom is 0.159 e. The van der Waals surface area contributed by atoms with Crippen LogP contribution < -0.4 is 0 Å². The molecule has 0 saturated carbocycles. The van der Waals surface area contributed by atoms with E-state index in [4.69, 9.17) is 5.11 Å². The van der Waals surface area contributed by atoms with Gasteiger partial charge in [0.25, 0.3) is 0 Å². The standard InChI is InChI=1S/C12H18O4S/c1-2-12(10-6-4-3-5-7-10)17(15,16)9-11(14)8-13/h3-7,11-14H,2,8-9H2,1H3. The molecule has 1 aromatic rings. The van der Waals surface area contributed by atoms with E-state index in [1.165, 1.54) is 0 Å². The summed E-state index contributed by atoms with van der Waals surface area (Å²) in [6.45, 7) is 1.25. The summed E-state index contributed by atoms with van der Waals surface area (Å²) in [6, 6.07) is 8.92. The van der Waals surface area contributed by atoms with Crippen molar-refractivity contribution in [2.75, 3.05) is 12.4 Å². The molecule has 0 amide bonds. The zero-order valence-corrected chi connectivity index (χ0v) is 10.6. The van der Waals surface area contributed by atoms with Gasteiger partial charge in [-0.25, -0.2) is 8.42 Å². The van der Waals surface area contributed by atoms with Gasteiger partial charge < -0.3 is 10.2 Å². The van der Waals surface area contributed by atoms with Crippen LogP contribution in [-0.4, -0.2) is 37.1 Å². The Morgan fingerprint density at radius 3 is 2.29 bits per heavy atom. The Hall–Kier alpha value is -0.910. The second-order valence-corrected chi connectivity index (χ2v) is 6.20. The van der Waals surface area contributed by atoms with Crippen LogP contribution >= 0.6 is 0 Å². The second-order valence-electron chi connectivity index (χ2n) is 3.97. The van der Waals surface area contributed by atoms with Crippen molar-refractivity contribution in [3.63, 3.8) is 0 Å². The van der Waals surface area contributed by atoms with Crippen LogP contribution in [0.5, 0.6) is 0 Å². The van der Waals surface area contributed by atoms with E-state index in [9.17, 15) is 13.5 Å². The number of benzene rings is 1. The van der Waals surface area contributed by atoms with Gasteiger partial charge in [0.05, 0.1) is 23.7 Å². The molecule has 0 saturated heterocycles. The number of hydrogen-bond acceptors (Lipinski definition) is 4. The van der Waals surface area contributed by atoms with E-state index in [2.05, 4.69) is 0 Å². The first kappa shape index (κ1) is 14.2. The Bertz CT molecular complexity index is 427. The molecular formula is C12H18O4S. The normalized spacial score (nSPS) is 15.5. The van der Waals surface area contributed by atoms with Gasteiger partial charge in [-0.3, -0.25) is 0 Å². The Morgan fingerprint density at radius 2 is 1.82 bits per heavy atom. The highest BCUT2D eigenvalue weighted by Crippen LogP contribution is 2.26. The predicted molar refractivity (Wildman–Crippen MR) is 66.4 cm³/mol. The minimum absolute atomic E-state index is 0.406. The average Bonchev–Trinajstić information content (AvgIpc) is 2.30.